The van der Waals surface area contributed by atoms with Crippen LogP contribution in [-0.4, -0.2) is 20.4 Å². The fraction of sp³-hybridized carbons (Fsp3) is 0.174. The maximum atomic E-state index is 12.7. The summed E-state index contributed by atoms with van der Waals surface area (Å²) >= 11 is 12.4. The minimum absolute atomic E-state index is 0.109. The van der Waals surface area contributed by atoms with E-state index in [0.29, 0.717) is 28.5 Å². The fourth-order valence-corrected chi connectivity index (χ4v) is 3.70. The normalized spacial score (nSPS) is 11.0. The number of carbonyl (C=O) groups is 1. The highest BCUT2D eigenvalue weighted by atomic mass is 35.5. The van der Waals surface area contributed by atoms with E-state index in [4.69, 9.17) is 28.2 Å². The molecule has 0 aliphatic carbocycles. The number of hydrogen-bond acceptors (Lipinski definition) is 3. The zero-order valence-corrected chi connectivity index (χ0v) is 17.9. The largest absolute Gasteiger partial charge is 0.350 e. The molecule has 4 rings (SSSR count). The van der Waals surface area contributed by atoms with E-state index in [-0.39, 0.29) is 12.5 Å². The number of rotatable bonds is 6. The molecule has 1 N–H and O–H groups in total. The van der Waals surface area contributed by atoms with E-state index in [1.807, 2.05) is 22.8 Å². The van der Waals surface area contributed by atoms with Gasteiger partial charge >= 0.3 is 0 Å². The second-order valence-electron chi connectivity index (χ2n) is 7.17. The summed E-state index contributed by atoms with van der Waals surface area (Å²) in [6, 6.07) is 15.5. The molecule has 5 nitrogen and oxygen atoms in total. The number of nitrogens with one attached hydrogen (secondary N) is 1. The Morgan fingerprint density at radius 2 is 1.80 bits per heavy atom. The minimum atomic E-state index is -0.109. The van der Waals surface area contributed by atoms with E-state index in [9.17, 15) is 4.79 Å². The number of amides is 1. The molecular formula is C23H20Cl2N4O. The van der Waals surface area contributed by atoms with E-state index in [1.165, 1.54) is 5.56 Å². The summed E-state index contributed by atoms with van der Waals surface area (Å²) in [6.45, 7) is 2.63. The lowest BCUT2D eigenvalue weighted by Gasteiger charge is -2.11. The van der Waals surface area contributed by atoms with Gasteiger partial charge in [0.2, 0.25) is 5.91 Å². The molecule has 7 heteroatoms. The summed E-state index contributed by atoms with van der Waals surface area (Å²) in [5.74, 6) is 0.677. The molecule has 152 valence electrons. The zero-order chi connectivity index (χ0) is 21.1. The van der Waals surface area contributed by atoms with Gasteiger partial charge in [0.15, 0.2) is 0 Å². The lowest BCUT2D eigenvalue weighted by molar-refractivity contribution is -0.121. The van der Waals surface area contributed by atoms with E-state index in [0.717, 1.165) is 22.5 Å². The van der Waals surface area contributed by atoms with E-state index in [1.54, 1.807) is 24.5 Å². The second-order valence-corrected chi connectivity index (χ2v) is 7.98. The van der Waals surface area contributed by atoms with E-state index < -0.39 is 0 Å². The van der Waals surface area contributed by atoms with Crippen molar-refractivity contribution in [3.8, 4) is 0 Å². The molecule has 0 spiro atoms. The van der Waals surface area contributed by atoms with Crippen molar-refractivity contribution in [2.45, 2.75) is 26.4 Å². The van der Waals surface area contributed by atoms with Crippen LogP contribution in [0.5, 0.6) is 0 Å². The molecule has 0 saturated heterocycles. The maximum Gasteiger partial charge on any atom is 0.240 e. The number of fused-ring (bicyclic) bond motifs is 1. The summed E-state index contributed by atoms with van der Waals surface area (Å²) < 4.78 is 1.90. The van der Waals surface area contributed by atoms with Gasteiger partial charge in [-0.2, -0.15) is 0 Å². The Morgan fingerprint density at radius 1 is 1.03 bits per heavy atom. The monoisotopic (exact) mass is 438 g/mol. The number of benzene rings is 2. The number of halogens is 2. The molecule has 30 heavy (non-hydrogen) atoms. The first kappa shape index (κ1) is 20.4. The Kier molecular flexibility index (Phi) is 6.02. The maximum absolute atomic E-state index is 12.7. The van der Waals surface area contributed by atoms with Crippen molar-refractivity contribution in [3.05, 3.63) is 93.5 Å². The molecule has 0 saturated carbocycles. The first-order valence-corrected chi connectivity index (χ1v) is 10.3. The first-order chi connectivity index (χ1) is 14.5. The van der Waals surface area contributed by atoms with Gasteiger partial charge in [0.1, 0.15) is 12.4 Å². The van der Waals surface area contributed by atoms with Crippen LogP contribution < -0.4 is 5.32 Å². The van der Waals surface area contributed by atoms with Crippen LogP contribution in [0.3, 0.4) is 0 Å². The molecule has 1 amide bonds. The highest BCUT2D eigenvalue weighted by Gasteiger charge is 2.16. The van der Waals surface area contributed by atoms with Gasteiger partial charge in [0.05, 0.1) is 21.1 Å². The van der Waals surface area contributed by atoms with Gasteiger partial charge in [-0.3, -0.25) is 9.78 Å². The van der Waals surface area contributed by atoms with Gasteiger partial charge in [-0.25, -0.2) is 4.98 Å². The van der Waals surface area contributed by atoms with Crippen molar-refractivity contribution in [2.24, 2.45) is 0 Å². The average molecular weight is 439 g/mol. The van der Waals surface area contributed by atoms with Crippen molar-refractivity contribution >= 4 is 40.1 Å². The van der Waals surface area contributed by atoms with Gasteiger partial charge in [-0.05, 0) is 42.3 Å². The van der Waals surface area contributed by atoms with Crippen molar-refractivity contribution in [2.75, 3.05) is 0 Å². The predicted molar refractivity (Wildman–Crippen MR) is 120 cm³/mol. The standard InChI is InChI=1S/C23H20Cl2N4O/c1-15-3-2-4-17(9-15)10-22-28-20-11-18(24)19(25)12-21(20)29(22)14-23(30)27-13-16-5-7-26-8-6-16/h2-9,11-12H,10,13-14H2,1H3,(H,27,30). The third-order valence-corrected chi connectivity index (χ3v) is 5.58. The number of carbonyl (C=O) groups excluding carboxylic acids is 1. The molecule has 0 unspecified atom stereocenters. The smallest absolute Gasteiger partial charge is 0.240 e. The third-order valence-electron chi connectivity index (χ3n) is 4.85. The molecule has 0 aliphatic heterocycles. The molecule has 0 fully saturated rings. The van der Waals surface area contributed by atoms with Crippen LogP contribution in [0.4, 0.5) is 0 Å². The number of hydrogen-bond donors (Lipinski definition) is 1. The number of pyridine rings is 1. The summed E-state index contributed by atoms with van der Waals surface area (Å²) in [6.07, 6.45) is 4.01. The van der Waals surface area contributed by atoms with Crippen LogP contribution in [0.1, 0.15) is 22.5 Å². The van der Waals surface area contributed by atoms with Crippen molar-refractivity contribution in [1.82, 2.24) is 19.9 Å². The third kappa shape index (κ3) is 4.64. The highest BCUT2D eigenvalue weighted by molar-refractivity contribution is 6.42. The fourth-order valence-electron chi connectivity index (χ4n) is 3.39. The molecule has 0 atom stereocenters. The second kappa shape index (κ2) is 8.86. The molecule has 0 radical (unpaired) electrons. The minimum Gasteiger partial charge on any atom is -0.350 e. The molecule has 2 heterocycles. The Bertz CT molecular complexity index is 1200. The van der Waals surface area contributed by atoms with Crippen LogP contribution in [-0.2, 0) is 24.3 Å². The van der Waals surface area contributed by atoms with Gasteiger partial charge in [0.25, 0.3) is 0 Å². The Balaban J connectivity index is 1.63. The average Bonchev–Trinajstić information content (AvgIpc) is 3.03. The summed E-state index contributed by atoms with van der Waals surface area (Å²) in [4.78, 5) is 21.4. The van der Waals surface area contributed by atoms with Gasteiger partial charge in [-0.15, -0.1) is 0 Å². The van der Waals surface area contributed by atoms with Crippen LogP contribution in [0.25, 0.3) is 11.0 Å². The SMILES string of the molecule is Cc1cccc(Cc2nc3cc(Cl)c(Cl)cc3n2CC(=O)NCc2ccncc2)c1. The lowest BCUT2D eigenvalue weighted by Crippen LogP contribution is -2.27. The molecular weight excluding hydrogens is 419 g/mol. The van der Waals surface area contributed by atoms with Gasteiger partial charge < -0.3 is 9.88 Å². The van der Waals surface area contributed by atoms with E-state index >= 15 is 0 Å². The van der Waals surface area contributed by atoms with Crippen molar-refractivity contribution in [3.63, 3.8) is 0 Å². The number of aryl methyl sites for hydroxylation is 1. The number of aromatic nitrogens is 3. The van der Waals surface area contributed by atoms with Gasteiger partial charge in [-0.1, -0.05) is 53.0 Å². The molecule has 0 bridgehead atoms. The van der Waals surface area contributed by atoms with Crippen molar-refractivity contribution in [1.29, 1.82) is 0 Å². The Morgan fingerprint density at radius 3 is 2.57 bits per heavy atom. The lowest BCUT2D eigenvalue weighted by atomic mass is 10.1. The van der Waals surface area contributed by atoms with Crippen LogP contribution in [0.15, 0.2) is 60.9 Å². The topological polar surface area (TPSA) is 59.8 Å². The summed E-state index contributed by atoms with van der Waals surface area (Å²) in [5.41, 5.74) is 4.79. The quantitative estimate of drug-likeness (QED) is 0.462. The zero-order valence-electron chi connectivity index (χ0n) is 16.4. The highest BCUT2D eigenvalue weighted by Crippen LogP contribution is 2.29. The molecule has 0 aliphatic rings. The van der Waals surface area contributed by atoms with E-state index in [2.05, 4.69) is 35.4 Å². The summed E-state index contributed by atoms with van der Waals surface area (Å²) in [7, 11) is 0. The molecule has 4 aromatic rings. The van der Waals surface area contributed by atoms with Crippen LogP contribution in [0.2, 0.25) is 10.0 Å². The predicted octanol–water partition coefficient (Wildman–Crippen LogP) is 4.95. The Hall–Kier alpha value is -2.89. The summed E-state index contributed by atoms with van der Waals surface area (Å²) in [5, 5.41) is 3.83. The van der Waals surface area contributed by atoms with Crippen LogP contribution in [0, 0.1) is 6.92 Å². The molecule has 2 aromatic heterocycles. The van der Waals surface area contributed by atoms with Gasteiger partial charge in [0, 0.05) is 25.4 Å². The number of nitrogens with zero attached hydrogens (tertiary/aromatic N) is 3. The van der Waals surface area contributed by atoms with Crippen molar-refractivity contribution < 1.29 is 4.79 Å². The Labute approximate surface area is 184 Å². The number of imidazole rings is 1. The first-order valence-electron chi connectivity index (χ1n) is 9.55. The molecule has 2 aromatic carbocycles. The van der Waals surface area contributed by atoms with Crippen LogP contribution >= 0.6 is 23.2 Å².